The van der Waals surface area contributed by atoms with Crippen molar-refractivity contribution in [2.45, 2.75) is 25.9 Å². The van der Waals surface area contributed by atoms with E-state index >= 15 is 0 Å². The fourth-order valence-electron chi connectivity index (χ4n) is 3.12. The van der Waals surface area contributed by atoms with Crippen molar-refractivity contribution in [1.82, 2.24) is 4.98 Å². The molecular formula is C16H19N3O3. The van der Waals surface area contributed by atoms with Crippen LogP contribution in [0.1, 0.15) is 19.8 Å². The van der Waals surface area contributed by atoms with Crippen LogP contribution >= 0.6 is 0 Å². The Labute approximate surface area is 128 Å². The van der Waals surface area contributed by atoms with Gasteiger partial charge in [0.2, 0.25) is 0 Å². The number of nitro benzene ring substituents is 1. The van der Waals surface area contributed by atoms with Gasteiger partial charge in [-0.3, -0.25) is 15.1 Å². The maximum absolute atomic E-state index is 11.2. The Morgan fingerprint density at radius 2 is 2.27 bits per heavy atom. The first kappa shape index (κ1) is 14.7. The lowest BCUT2D eigenvalue weighted by Gasteiger charge is -2.34. The molecule has 3 rings (SSSR count). The lowest BCUT2D eigenvalue weighted by molar-refractivity contribution is -0.383. The molecule has 1 atom stereocenters. The molecule has 0 spiro atoms. The predicted molar refractivity (Wildman–Crippen MR) is 85.3 cm³/mol. The van der Waals surface area contributed by atoms with Gasteiger partial charge in [-0.25, -0.2) is 0 Å². The fraction of sp³-hybridized carbons (Fsp3) is 0.438. The Balaban J connectivity index is 2.01. The number of piperidine rings is 1. The second kappa shape index (κ2) is 6.27. The van der Waals surface area contributed by atoms with Gasteiger partial charge in [0.25, 0.3) is 5.69 Å². The highest BCUT2D eigenvalue weighted by molar-refractivity contribution is 5.99. The quantitative estimate of drug-likeness (QED) is 0.641. The topological polar surface area (TPSA) is 68.5 Å². The molecule has 1 unspecified atom stereocenters. The molecule has 1 fully saturated rings. The number of ether oxygens (including phenoxy) is 1. The lowest BCUT2D eigenvalue weighted by atomic mass is 10.0. The van der Waals surface area contributed by atoms with Gasteiger partial charge in [-0.05, 0) is 31.9 Å². The van der Waals surface area contributed by atoms with Gasteiger partial charge in [0.05, 0.1) is 16.4 Å². The third-order valence-corrected chi connectivity index (χ3v) is 4.09. The van der Waals surface area contributed by atoms with Crippen LogP contribution in [0.5, 0.6) is 0 Å². The van der Waals surface area contributed by atoms with Crippen LogP contribution in [0.2, 0.25) is 0 Å². The maximum atomic E-state index is 11.2. The van der Waals surface area contributed by atoms with Crippen LogP contribution in [0.15, 0.2) is 30.6 Å². The number of non-ortho nitro benzene ring substituents is 1. The third-order valence-electron chi connectivity index (χ3n) is 4.09. The van der Waals surface area contributed by atoms with Crippen molar-refractivity contribution >= 4 is 22.1 Å². The first-order valence-corrected chi connectivity index (χ1v) is 7.58. The zero-order valence-corrected chi connectivity index (χ0v) is 12.6. The zero-order valence-electron chi connectivity index (χ0n) is 12.6. The zero-order chi connectivity index (χ0) is 15.5. The number of aromatic nitrogens is 1. The molecule has 1 aromatic carbocycles. The highest BCUT2D eigenvalue weighted by atomic mass is 16.6. The minimum Gasteiger partial charge on any atom is -0.377 e. The number of benzene rings is 1. The summed E-state index contributed by atoms with van der Waals surface area (Å²) in [7, 11) is 0. The first-order valence-electron chi connectivity index (χ1n) is 7.58. The summed E-state index contributed by atoms with van der Waals surface area (Å²) in [5.41, 5.74) is 1.12. The number of anilines is 1. The number of nitro groups is 1. The molecule has 0 aliphatic carbocycles. The Bertz CT molecular complexity index is 687. The molecule has 116 valence electrons. The van der Waals surface area contributed by atoms with Crippen LogP contribution in [0.25, 0.3) is 10.8 Å². The Morgan fingerprint density at radius 1 is 1.41 bits per heavy atom. The van der Waals surface area contributed by atoms with E-state index in [-0.39, 0.29) is 16.7 Å². The van der Waals surface area contributed by atoms with E-state index in [1.165, 1.54) is 0 Å². The van der Waals surface area contributed by atoms with Crippen LogP contribution in [0.3, 0.4) is 0 Å². The number of hydrogen-bond donors (Lipinski definition) is 0. The van der Waals surface area contributed by atoms with Crippen molar-refractivity contribution in [3.05, 3.63) is 40.7 Å². The van der Waals surface area contributed by atoms with E-state index in [0.717, 1.165) is 37.0 Å². The summed E-state index contributed by atoms with van der Waals surface area (Å²) in [6.45, 7) is 4.48. The maximum Gasteiger partial charge on any atom is 0.278 e. The Morgan fingerprint density at radius 3 is 3.05 bits per heavy atom. The summed E-state index contributed by atoms with van der Waals surface area (Å²) < 4.78 is 5.75. The Hall–Kier alpha value is -2.21. The molecule has 2 aromatic rings. The monoisotopic (exact) mass is 301 g/mol. The molecule has 1 aliphatic rings. The SMILES string of the molecule is CCOC1CCCN(c2ccc([N+](=O)[O-])c3cnccc23)C1. The van der Waals surface area contributed by atoms with Crippen LogP contribution < -0.4 is 4.90 Å². The molecule has 1 aromatic heterocycles. The van der Waals surface area contributed by atoms with Crippen LogP contribution in [0.4, 0.5) is 11.4 Å². The lowest BCUT2D eigenvalue weighted by Crippen LogP contribution is -2.39. The summed E-state index contributed by atoms with van der Waals surface area (Å²) in [5, 5.41) is 12.6. The number of rotatable bonds is 4. The van der Waals surface area contributed by atoms with Gasteiger partial charge in [-0.1, -0.05) is 0 Å². The first-order chi connectivity index (χ1) is 10.7. The molecule has 1 aliphatic heterocycles. The normalized spacial score (nSPS) is 18.6. The summed E-state index contributed by atoms with van der Waals surface area (Å²) in [6.07, 6.45) is 5.61. The van der Waals surface area contributed by atoms with Crippen molar-refractivity contribution in [2.75, 3.05) is 24.6 Å². The highest BCUT2D eigenvalue weighted by Gasteiger charge is 2.23. The minimum absolute atomic E-state index is 0.102. The molecule has 0 radical (unpaired) electrons. The summed E-state index contributed by atoms with van der Waals surface area (Å²) in [4.78, 5) is 17.1. The van der Waals surface area contributed by atoms with E-state index in [2.05, 4.69) is 9.88 Å². The molecule has 0 saturated carbocycles. The third kappa shape index (κ3) is 2.74. The van der Waals surface area contributed by atoms with Crippen molar-refractivity contribution in [3.8, 4) is 0 Å². The van der Waals surface area contributed by atoms with Crippen molar-refractivity contribution < 1.29 is 9.66 Å². The largest absolute Gasteiger partial charge is 0.377 e. The number of nitrogens with zero attached hydrogens (tertiary/aromatic N) is 3. The second-order valence-electron chi connectivity index (χ2n) is 5.45. The average molecular weight is 301 g/mol. The van der Waals surface area contributed by atoms with Gasteiger partial charge in [0.15, 0.2) is 0 Å². The van der Waals surface area contributed by atoms with E-state index in [1.807, 2.05) is 19.1 Å². The summed E-state index contributed by atoms with van der Waals surface area (Å²) in [6, 6.07) is 5.26. The van der Waals surface area contributed by atoms with E-state index in [0.29, 0.717) is 12.0 Å². The van der Waals surface area contributed by atoms with Crippen LogP contribution in [-0.4, -0.2) is 35.7 Å². The Kier molecular flexibility index (Phi) is 4.20. The van der Waals surface area contributed by atoms with E-state index in [4.69, 9.17) is 4.74 Å². The molecule has 0 N–H and O–H groups in total. The van der Waals surface area contributed by atoms with Gasteiger partial charge in [0.1, 0.15) is 0 Å². The number of fused-ring (bicyclic) bond motifs is 1. The van der Waals surface area contributed by atoms with Gasteiger partial charge >= 0.3 is 0 Å². The standard InChI is InChI=1S/C16H19N3O3/c1-2-22-12-4-3-9-18(11-12)15-5-6-16(19(20)21)14-10-17-8-7-13(14)15/h5-8,10,12H,2-4,9,11H2,1H3. The molecule has 2 heterocycles. The van der Waals surface area contributed by atoms with Crippen molar-refractivity contribution in [2.24, 2.45) is 0 Å². The predicted octanol–water partition coefficient (Wildman–Crippen LogP) is 3.15. The summed E-state index contributed by atoms with van der Waals surface area (Å²) in [5.74, 6) is 0. The second-order valence-corrected chi connectivity index (χ2v) is 5.45. The molecule has 6 nitrogen and oxygen atoms in total. The van der Waals surface area contributed by atoms with Crippen LogP contribution in [0, 0.1) is 10.1 Å². The number of hydrogen-bond acceptors (Lipinski definition) is 5. The highest BCUT2D eigenvalue weighted by Crippen LogP contribution is 2.34. The molecule has 22 heavy (non-hydrogen) atoms. The van der Waals surface area contributed by atoms with Crippen molar-refractivity contribution in [3.63, 3.8) is 0 Å². The number of pyridine rings is 1. The van der Waals surface area contributed by atoms with Gasteiger partial charge < -0.3 is 9.64 Å². The minimum atomic E-state index is -0.354. The smallest absolute Gasteiger partial charge is 0.278 e. The van der Waals surface area contributed by atoms with Gasteiger partial charge in [0, 0.05) is 49.2 Å². The van der Waals surface area contributed by atoms with E-state index in [1.54, 1.807) is 18.5 Å². The molecule has 0 amide bonds. The van der Waals surface area contributed by atoms with Crippen LogP contribution in [-0.2, 0) is 4.74 Å². The molecular weight excluding hydrogens is 282 g/mol. The molecule has 1 saturated heterocycles. The van der Waals surface area contributed by atoms with Gasteiger partial charge in [-0.2, -0.15) is 0 Å². The fourth-order valence-corrected chi connectivity index (χ4v) is 3.12. The van der Waals surface area contributed by atoms with E-state index in [9.17, 15) is 10.1 Å². The molecule has 0 bridgehead atoms. The van der Waals surface area contributed by atoms with Crippen molar-refractivity contribution in [1.29, 1.82) is 0 Å². The molecule has 6 heteroatoms. The summed E-state index contributed by atoms with van der Waals surface area (Å²) >= 11 is 0. The van der Waals surface area contributed by atoms with E-state index < -0.39 is 0 Å². The average Bonchev–Trinajstić information content (AvgIpc) is 2.54. The van der Waals surface area contributed by atoms with Gasteiger partial charge in [-0.15, -0.1) is 0 Å².